The van der Waals surface area contributed by atoms with Crippen molar-refractivity contribution in [1.82, 2.24) is 4.98 Å². The highest BCUT2D eigenvalue weighted by atomic mass is 79.9. The number of fused-ring (bicyclic) bond motifs is 1. The molecule has 0 spiro atoms. The van der Waals surface area contributed by atoms with Crippen LogP contribution in [0.3, 0.4) is 0 Å². The van der Waals surface area contributed by atoms with Crippen LogP contribution < -0.4 is 0 Å². The summed E-state index contributed by atoms with van der Waals surface area (Å²) in [6, 6.07) is 14.2. The van der Waals surface area contributed by atoms with Gasteiger partial charge in [-0.1, -0.05) is 41.1 Å². The van der Waals surface area contributed by atoms with Gasteiger partial charge in [-0.25, -0.2) is 0 Å². The van der Waals surface area contributed by atoms with E-state index >= 15 is 0 Å². The van der Waals surface area contributed by atoms with Crippen molar-refractivity contribution in [2.75, 3.05) is 5.75 Å². The maximum atomic E-state index is 12.5. The number of carbonyl (C=O) groups is 1. The lowest BCUT2D eigenvalue weighted by molar-refractivity contribution is 0.102. The average Bonchev–Trinajstić information content (AvgIpc) is 2.98. The molecule has 0 radical (unpaired) electrons. The number of carbonyl (C=O) groups excluding carboxylic acids is 1. The largest absolute Gasteiger partial charge is 0.360 e. The van der Waals surface area contributed by atoms with Gasteiger partial charge in [0, 0.05) is 32.0 Å². The molecular formula is C18H16BrNOS. The van der Waals surface area contributed by atoms with E-state index in [9.17, 15) is 4.79 Å². The Morgan fingerprint density at radius 1 is 1.18 bits per heavy atom. The van der Waals surface area contributed by atoms with Crippen LogP contribution in [0, 0.1) is 0 Å². The summed E-state index contributed by atoms with van der Waals surface area (Å²) < 4.78 is 1.05. The molecule has 0 unspecified atom stereocenters. The van der Waals surface area contributed by atoms with Crippen LogP contribution in [0.15, 0.2) is 58.0 Å². The third-order valence-corrected chi connectivity index (χ3v) is 5.21. The molecule has 3 rings (SSSR count). The monoisotopic (exact) mass is 373 g/mol. The fourth-order valence-electron chi connectivity index (χ4n) is 2.50. The molecule has 4 heteroatoms. The van der Waals surface area contributed by atoms with Gasteiger partial charge in [0.2, 0.25) is 0 Å². The molecule has 2 nitrogen and oxygen atoms in total. The Morgan fingerprint density at radius 2 is 1.95 bits per heavy atom. The third-order valence-electron chi connectivity index (χ3n) is 3.67. The van der Waals surface area contributed by atoms with Crippen molar-refractivity contribution in [3.05, 3.63) is 64.3 Å². The molecule has 0 atom stereocenters. The smallest absolute Gasteiger partial charge is 0.175 e. The Kier molecular flexibility index (Phi) is 4.69. The number of nitrogens with one attached hydrogen (secondary N) is 1. The van der Waals surface area contributed by atoms with E-state index in [4.69, 9.17) is 0 Å². The van der Waals surface area contributed by atoms with Crippen molar-refractivity contribution in [3.63, 3.8) is 0 Å². The summed E-state index contributed by atoms with van der Waals surface area (Å²) in [5.74, 6) is 0.609. The molecule has 0 bridgehead atoms. The van der Waals surface area contributed by atoms with Gasteiger partial charge in [-0.05, 0) is 36.2 Å². The number of para-hydroxylation sites is 1. The lowest BCUT2D eigenvalue weighted by atomic mass is 10.1. The zero-order valence-electron chi connectivity index (χ0n) is 12.2. The van der Waals surface area contributed by atoms with Gasteiger partial charge in [0.25, 0.3) is 0 Å². The fourth-order valence-corrected chi connectivity index (χ4v) is 3.55. The number of rotatable bonds is 5. The number of H-pyrrole nitrogens is 1. The Bertz CT molecular complexity index is 808. The molecule has 0 amide bonds. The Labute approximate surface area is 142 Å². The SMILES string of the molecule is CCc1cccc2c(C(=O)CSc3ccc(Br)cc3)c[nH]c12. The molecule has 0 fully saturated rings. The van der Waals surface area contributed by atoms with Crippen LogP contribution in [0.25, 0.3) is 10.9 Å². The summed E-state index contributed by atoms with van der Waals surface area (Å²) in [6.07, 6.45) is 2.80. The van der Waals surface area contributed by atoms with E-state index in [1.807, 2.05) is 42.6 Å². The van der Waals surface area contributed by atoms with Crippen molar-refractivity contribution in [2.24, 2.45) is 0 Å². The summed E-state index contributed by atoms with van der Waals surface area (Å²) in [7, 11) is 0. The molecule has 0 aliphatic carbocycles. The second-order valence-electron chi connectivity index (χ2n) is 5.06. The lowest BCUT2D eigenvalue weighted by Crippen LogP contribution is -2.01. The molecule has 1 heterocycles. The molecule has 1 aromatic heterocycles. The number of thioether (sulfide) groups is 1. The first-order valence-electron chi connectivity index (χ1n) is 7.19. The minimum Gasteiger partial charge on any atom is -0.360 e. The molecule has 0 aliphatic heterocycles. The maximum Gasteiger partial charge on any atom is 0.175 e. The highest BCUT2D eigenvalue weighted by molar-refractivity contribution is 9.10. The van der Waals surface area contributed by atoms with Gasteiger partial charge in [-0.2, -0.15) is 0 Å². The van der Waals surface area contributed by atoms with Gasteiger partial charge in [0.1, 0.15) is 0 Å². The van der Waals surface area contributed by atoms with Gasteiger partial charge in [-0.3, -0.25) is 4.79 Å². The molecule has 0 saturated heterocycles. The molecule has 0 aliphatic rings. The van der Waals surface area contributed by atoms with Crippen LogP contribution in [-0.4, -0.2) is 16.5 Å². The molecular weight excluding hydrogens is 358 g/mol. The Hall–Kier alpha value is -1.52. The number of aryl methyl sites for hydroxylation is 1. The van der Waals surface area contributed by atoms with Crippen LogP contribution in [0.1, 0.15) is 22.8 Å². The number of halogens is 1. The number of hydrogen-bond donors (Lipinski definition) is 1. The van der Waals surface area contributed by atoms with E-state index in [2.05, 4.69) is 33.9 Å². The first-order valence-corrected chi connectivity index (χ1v) is 8.97. The number of benzene rings is 2. The molecule has 112 valence electrons. The molecule has 3 aromatic rings. The molecule has 2 aromatic carbocycles. The molecule has 0 saturated carbocycles. The zero-order valence-corrected chi connectivity index (χ0v) is 14.6. The average molecular weight is 374 g/mol. The second-order valence-corrected chi connectivity index (χ2v) is 7.03. The highest BCUT2D eigenvalue weighted by Gasteiger charge is 2.13. The third kappa shape index (κ3) is 3.13. The lowest BCUT2D eigenvalue weighted by Gasteiger charge is -2.02. The van der Waals surface area contributed by atoms with Crippen LogP contribution >= 0.6 is 27.7 Å². The number of aromatic nitrogens is 1. The van der Waals surface area contributed by atoms with E-state index < -0.39 is 0 Å². The Morgan fingerprint density at radius 3 is 2.68 bits per heavy atom. The first kappa shape index (κ1) is 15.4. The van der Waals surface area contributed by atoms with Gasteiger partial charge < -0.3 is 4.98 Å². The van der Waals surface area contributed by atoms with E-state index in [1.165, 1.54) is 5.56 Å². The van der Waals surface area contributed by atoms with E-state index in [1.54, 1.807) is 11.8 Å². The summed E-state index contributed by atoms with van der Waals surface area (Å²) in [5.41, 5.74) is 3.12. The Balaban J connectivity index is 1.79. The van der Waals surface area contributed by atoms with Crippen molar-refractivity contribution < 1.29 is 4.79 Å². The van der Waals surface area contributed by atoms with Gasteiger partial charge in [-0.15, -0.1) is 11.8 Å². The quantitative estimate of drug-likeness (QED) is 0.475. The fraction of sp³-hybridized carbons (Fsp3) is 0.167. The van der Waals surface area contributed by atoms with Crippen molar-refractivity contribution >= 4 is 44.4 Å². The van der Waals surface area contributed by atoms with Crippen LogP contribution in [0.5, 0.6) is 0 Å². The van der Waals surface area contributed by atoms with E-state index in [-0.39, 0.29) is 5.78 Å². The first-order chi connectivity index (χ1) is 10.7. The molecule has 1 N–H and O–H groups in total. The van der Waals surface area contributed by atoms with Crippen molar-refractivity contribution in [2.45, 2.75) is 18.2 Å². The standard InChI is InChI=1S/C18H16BrNOS/c1-2-12-4-3-5-15-16(10-20-18(12)15)17(21)11-22-14-8-6-13(19)7-9-14/h3-10,20H,2,11H2,1H3. The summed E-state index contributed by atoms with van der Waals surface area (Å²) >= 11 is 4.99. The summed E-state index contributed by atoms with van der Waals surface area (Å²) in [4.78, 5) is 16.9. The number of ketones is 1. The van der Waals surface area contributed by atoms with Gasteiger partial charge in [0.05, 0.1) is 5.75 Å². The topological polar surface area (TPSA) is 32.9 Å². The maximum absolute atomic E-state index is 12.5. The zero-order chi connectivity index (χ0) is 15.5. The highest BCUT2D eigenvalue weighted by Crippen LogP contribution is 2.26. The second kappa shape index (κ2) is 6.71. The normalized spacial score (nSPS) is 11.0. The van der Waals surface area contributed by atoms with E-state index in [0.717, 1.165) is 32.3 Å². The summed E-state index contributed by atoms with van der Waals surface area (Å²) in [5, 5.41) is 1.03. The predicted molar refractivity (Wildman–Crippen MR) is 96.9 cm³/mol. The number of aromatic amines is 1. The minimum absolute atomic E-state index is 0.160. The summed E-state index contributed by atoms with van der Waals surface area (Å²) in [6.45, 7) is 2.13. The van der Waals surface area contributed by atoms with Crippen LogP contribution in [0.2, 0.25) is 0 Å². The van der Waals surface area contributed by atoms with Gasteiger partial charge >= 0.3 is 0 Å². The number of Topliss-reactive ketones (excluding diaryl/α,β-unsaturated/α-hetero) is 1. The van der Waals surface area contributed by atoms with Crippen molar-refractivity contribution in [3.8, 4) is 0 Å². The van der Waals surface area contributed by atoms with Crippen molar-refractivity contribution in [1.29, 1.82) is 0 Å². The molecule has 22 heavy (non-hydrogen) atoms. The predicted octanol–water partition coefficient (Wildman–Crippen LogP) is 5.47. The van der Waals surface area contributed by atoms with Crippen LogP contribution in [0.4, 0.5) is 0 Å². The minimum atomic E-state index is 0.160. The number of hydrogen-bond acceptors (Lipinski definition) is 2. The van der Waals surface area contributed by atoms with E-state index in [0.29, 0.717) is 5.75 Å². The van der Waals surface area contributed by atoms with Crippen LogP contribution in [-0.2, 0) is 6.42 Å². The van der Waals surface area contributed by atoms with Gasteiger partial charge in [0.15, 0.2) is 5.78 Å².